The number of hydrogen-bond donors (Lipinski definition) is 0. The van der Waals surface area contributed by atoms with Crippen LogP contribution < -0.4 is 0 Å². The van der Waals surface area contributed by atoms with Crippen LogP contribution in [0.1, 0.15) is 91.9 Å². The molecule has 4 aliphatic heterocycles. The Morgan fingerprint density at radius 3 is 1.43 bits per heavy atom. The minimum atomic E-state index is -0.235. The van der Waals surface area contributed by atoms with Gasteiger partial charge in [-0.2, -0.15) is 0 Å². The number of amides is 4. The van der Waals surface area contributed by atoms with Gasteiger partial charge < -0.3 is 0 Å². The van der Waals surface area contributed by atoms with Crippen molar-refractivity contribution in [2.24, 2.45) is 22.7 Å². The van der Waals surface area contributed by atoms with Crippen LogP contribution in [0, 0.1) is 22.7 Å². The number of thioether (sulfide) groups is 2. The van der Waals surface area contributed by atoms with Crippen LogP contribution >= 0.6 is 23.5 Å². The Morgan fingerprint density at radius 2 is 1.05 bits per heavy atom. The van der Waals surface area contributed by atoms with Gasteiger partial charge in [-0.1, -0.05) is 27.7 Å². The van der Waals surface area contributed by atoms with Crippen LogP contribution in [-0.2, 0) is 28.8 Å². The van der Waals surface area contributed by atoms with Crippen LogP contribution in [0.4, 0.5) is 0 Å². The van der Waals surface area contributed by atoms with Crippen LogP contribution in [0.3, 0.4) is 0 Å². The number of nitrogens with zero attached hydrogens (tertiary/aromatic N) is 2. The van der Waals surface area contributed by atoms with Gasteiger partial charge in [0.1, 0.15) is 11.6 Å². The summed E-state index contributed by atoms with van der Waals surface area (Å²) in [6, 6.07) is 0. The maximum absolute atomic E-state index is 12.8. The van der Waals surface area contributed by atoms with Crippen molar-refractivity contribution in [3.8, 4) is 0 Å². The normalized spacial score (nSPS) is 22.8. The van der Waals surface area contributed by atoms with Gasteiger partial charge in [-0.15, -0.1) is 23.5 Å². The first kappa shape index (κ1) is 32.7. The highest BCUT2D eigenvalue weighted by atomic mass is 32.2. The van der Waals surface area contributed by atoms with Gasteiger partial charge in [0.2, 0.25) is 11.8 Å². The van der Waals surface area contributed by atoms with Gasteiger partial charge >= 0.3 is 0 Å². The third-order valence-corrected chi connectivity index (χ3v) is 11.4. The van der Waals surface area contributed by atoms with Crippen molar-refractivity contribution in [2.75, 3.05) is 24.6 Å². The van der Waals surface area contributed by atoms with Gasteiger partial charge in [-0.05, 0) is 60.9 Å². The van der Waals surface area contributed by atoms with Crippen molar-refractivity contribution in [3.05, 3.63) is 22.0 Å². The fourth-order valence-corrected chi connectivity index (χ4v) is 8.23. The summed E-state index contributed by atoms with van der Waals surface area (Å²) >= 11 is 3.19. The molecule has 0 aromatic rings. The van der Waals surface area contributed by atoms with Crippen LogP contribution in [0.2, 0.25) is 0 Å². The molecule has 0 aromatic carbocycles. The summed E-state index contributed by atoms with van der Waals surface area (Å²) in [7, 11) is 0. The average Bonchev–Trinajstić information content (AvgIpc) is 3.59. The van der Waals surface area contributed by atoms with Crippen LogP contribution in [0.25, 0.3) is 0 Å². The Hall–Kier alpha value is -2.20. The molecular formula is C32H44N2O6S2. The van der Waals surface area contributed by atoms with Gasteiger partial charge in [0.05, 0.1) is 11.8 Å². The predicted octanol–water partition coefficient (Wildman–Crippen LogP) is 5.31. The third kappa shape index (κ3) is 8.24. The highest BCUT2D eigenvalue weighted by Crippen LogP contribution is 2.41. The highest BCUT2D eigenvalue weighted by molar-refractivity contribution is 8.03. The second-order valence-corrected chi connectivity index (χ2v) is 15.9. The van der Waals surface area contributed by atoms with E-state index >= 15 is 0 Å². The summed E-state index contributed by atoms with van der Waals surface area (Å²) in [6.45, 7) is 8.90. The molecule has 2 saturated heterocycles. The molecule has 2 unspecified atom stereocenters. The fraction of sp³-hybridized carbons (Fsp3) is 0.688. The number of ketones is 2. The van der Waals surface area contributed by atoms with E-state index < -0.39 is 0 Å². The Morgan fingerprint density at radius 1 is 0.667 bits per heavy atom. The fourth-order valence-electron chi connectivity index (χ4n) is 5.85. The van der Waals surface area contributed by atoms with Crippen molar-refractivity contribution in [3.63, 3.8) is 0 Å². The monoisotopic (exact) mass is 616 g/mol. The van der Waals surface area contributed by atoms with E-state index in [2.05, 4.69) is 0 Å². The quantitative estimate of drug-likeness (QED) is 0.228. The van der Waals surface area contributed by atoms with Gasteiger partial charge in [-0.25, -0.2) is 0 Å². The Labute approximate surface area is 257 Å². The van der Waals surface area contributed by atoms with Crippen LogP contribution in [0.15, 0.2) is 22.0 Å². The molecule has 42 heavy (non-hydrogen) atoms. The maximum Gasteiger partial charge on any atom is 0.253 e. The largest absolute Gasteiger partial charge is 0.300 e. The first-order chi connectivity index (χ1) is 19.8. The van der Waals surface area contributed by atoms with E-state index in [0.29, 0.717) is 51.6 Å². The second-order valence-electron chi connectivity index (χ2n) is 13.5. The number of rotatable bonds is 15. The van der Waals surface area contributed by atoms with Crippen molar-refractivity contribution in [2.45, 2.75) is 91.9 Å². The van der Waals surface area contributed by atoms with Gasteiger partial charge in [0.25, 0.3) is 11.8 Å². The van der Waals surface area contributed by atoms with Gasteiger partial charge in [-0.3, -0.25) is 38.6 Å². The molecule has 0 bridgehead atoms. The zero-order valence-corrected chi connectivity index (χ0v) is 27.0. The smallest absolute Gasteiger partial charge is 0.253 e. The average molecular weight is 617 g/mol. The molecule has 0 N–H and O–H groups in total. The minimum absolute atomic E-state index is 0.0518. The number of Topliss-reactive ketones (excluding diaryl/α,β-unsaturated/α-hetero) is 2. The van der Waals surface area contributed by atoms with E-state index in [1.165, 1.54) is 9.80 Å². The number of carbonyl (C=O) groups is 6. The summed E-state index contributed by atoms with van der Waals surface area (Å²) < 4.78 is 0. The van der Waals surface area contributed by atoms with E-state index in [-0.39, 0.29) is 70.7 Å². The first-order valence-electron chi connectivity index (χ1n) is 15.2. The van der Waals surface area contributed by atoms with E-state index in [1.807, 2.05) is 27.7 Å². The summed E-state index contributed by atoms with van der Waals surface area (Å²) in [5, 5.41) is 0. The molecule has 2 fully saturated rings. The molecule has 0 spiro atoms. The summed E-state index contributed by atoms with van der Waals surface area (Å²) in [5.41, 5.74) is -0.437. The standard InChI is InChI=1S/C32H44N2O6S2/c1-31(2,13-15-33-27(37)19-25-23(29(33)39)9-17-41-25)11-7-21(35)5-6-22(36)8-12-32(3,4)14-16-34-28(38)20-26-24(30(34)40)10-18-42-26/h19-20,23-24H,5-18H2,1-4H3. The molecule has 230 valence electrons. The molecule has 0 aromatic heterocycles. The lowest BCUT2D eigenvalue weighted by molar-refractivity contribution is -0.147. The number of carbonyl (C=O) groups excluding carboxylic acids is 6. The Balaban J connectivity index is 1.12. The number of fused-ring (bicyclic) bond motifs is 2. The Kier molecular flexibility index (Phi) is 10.6. The molecule has 0 aliphatic carbocycles. The van der Waals surface area contributed by atoms with Crippen LogP contribution in [-0.4, -0.2) is 69.6 Å². The molecule has 4 heterocycles. The summed E-state index contributed by atoms with van der Waals surface area (Å²) in [5.74, 6) is 0.861. The number of imide groups is 2. The zero-order chi connectivity index (χ0) is 30.7. The van der Waals surface area contributed by atoms with E-state index in [4.69, 9.17) is 0 Å². The van der Waals surface area contributed by atoms with Gasteiger partial charge in [0, 0.05) is 60.7 Å². The molecule has 10 heteroatoms. The molecule has 2 atom stereocenters. The second kappa shape index (κ2) is 13.6. The highest BCUT2D eigenvalue weighted by Gasteiger charge is 2.40. The van der Waals surface area contributed by atoms with Crippen LogP contribution in [0.5, 0.6) is 0 Å². The lowest BCUT2D eigenvalue weighted by Gasteiger charge is -2.31. The van der Waals surface area contributed by atoms with E-state index in [1.54, 1.807) is 35.7 Å². The van der Waals surface area contributed by atoms with Crippen molar-refractivity contribution in [1.82, 2.24) is 9.80 Å². The predicted molar refractivity (Wildman–Crippen MR) is 165 cm³/mol. The maximum atomic E-state index is 12.8. The molecule has 0 radical (unpaired) electrons. The Bertz CT molecular complexity index is 1110. The molecule has 8 nitrogen and oxygen atoms in total. The topological polar surface area (TPSA) is 109 Å². The van der Waals surface area contributed by atoms with Crippen molar-refractivity contribution < 1.29 is 28.8 Å². The first-order valence-corrected chi connectivity index (χ1v) is 17.2. The SMILES string of the molecule is CC(C)(CCC(=O)CCC(=O)CCC(C)(C)CCN1C(=O)C=C2SCCC2C1=O)CCN1C(=O)C=C2SCCC2C1=O. The van der Waals surface area contributed by atoms with E-state index in [9.17, 15) is 28.8 Å². The molecule has 4 amide bonds. The summed E-state index contributed by atoms with van der Waals surface area (Å²) in [6.07, 6.45) is 8.47. The lowest BCUT2D eigenvalue weighted by atomic mass is 9.82. The van der Waals surface area contributed by atoms with E-state index in [0.717, 1.165) is 34.2 Å². The zero-order valence-electron chi connectivity index (χ0n) is 25.4. The minimum Gasteiger partial charge on any atom is -0.300 e. The van der Waals surface area contributed by atoms with Crippen molar-refractivity contribution in [1.29, 1.82) is 0 Å². The molecule has 4 aliphatic rings. The molecule has 0 saturated carbocycles. The van der Waals surface area contributed by atoms with Crippen molar-refractivity contribution >= 4 is 58.7 Å². The summed E-state index contributed by atoms with van der Waals surface area (Å²) in [4.78, 5) is 80.2. The van der Waals surface area contributed by atoms with Gasteiger partial charge in [0.15, 0.2) is 0 Å². The molecular weight excluding hydrogens is 572 g/mol. The molecule has 4 rings (SSSR count). The lowest BCUT2D eigenvalue weighted by Crippen LogP contribution is -2.44. The number of hydrogen-bond acceptors (Lipinski definition) is 8. The third-order valence-electron chi connectivity index (χ3n) is 9.10.